The van der Waals surface area contributed by atoms with E-state index < -0.39 is 0 Å². The third kappa shape index (κ3) is 4.64. The Bertz CT molecular complexity index is 488. The van der Waals surface area contributed by atoms with E-state index >= 15 is 0 Å². The van der Waals surface area contributed by atoms with Gasteiger partial charge in [-0.1, -0.05) is 37.7 Å². The first-order valence-electron chi connectivity index (χ1n) is 7.06. The van der Waals surface area contributed by atoms with E-state index in [-0.39, 0.29) is 0 Å². The topological polar surface area (TPSA) is 35.2 Å². The van der Waals surface area contributed by atoms with Crippen molar-refractivity contribution in [3.8, 4) is 5.75 Å². The molecular weight excluding hydrogens is 290 g/mol. The molecule has 1 rings (SSSR count). The summed E-state index contributed by atoms with van der Waals surface area (Å²) in [5, 5.41) is 0.825. The zero-order valence-electron chi connectivity index (χ0n) is 12.8. The molecule has 112 valence electrons. The summed E-state index contributed by atoms with van der Waals surface area (Å²) in [7, 11) is 0. The maximum Gasteiger partial charge on any atom is 0.123 e. The lowest BCUT2D eigenvalue weighted by molar-refractivity contribution is 0.312. The van der Waals surface area contributed by atoms with Crippen LogP contribution in [-0.2, 0) is 6.42 Å². The van der Waals surface area contributed by atoms with Crippen molar-refractivity contribution in [2.24, 2.45) is 11.7 Å². The van der Waals surface area contributed by atoms with Gasteiger partial charge < -0.3 is 10.5 Å². The van der Waals surface area contributed by atoms with Gasteiger partial charge in [0.25, 0.3) is 0 Å². The quantitative estimate of drug-likeness (QED) is 0.747. The molecule has 1 aromatic rings. The molecule has 0 saturated heterocycles. The van der Waals surface area contributed by atoms with Crippen molar-refractivity contribution in [2.75, 3.05) is 6.61 Å². The van der Waals surface area contributed by atoms with Gasteiger partial charge in [0.2, 0.25) is 0 Å². The minimum atomic E-state index is 0.383. The Hall–Kier alpha value is -0.800. The van der Waals surface area contributed by atoms with Gasteiger partial charge >= 0.3 is 0 Å². The van der Waals surface area contributed by atoms with Crippen LogP contribution >= 0.6 is 23.8 Å². The van der Waals surface area contributed by atoms with Gasteiger partial charge in [0.15, 0.2) is 0 Å². The fraction of sp³-hybridized carbons (Fsp3) is 0.562. The number of hydrogen-bond acceptors (Lipinski definition) is 2. The molecule has 0 aliphatic carbocycles. The minimum absolute atomic E-state index is 0.383. The molecule has 1 unspecified atom stereocenters. The number of thiocarbonyl (C=S) groups is 1. The molecule has 0 aliphatic rings. The Morgan fingerprint density at radius 2 is 2.10 bits per heavy atom. The number of nitrogens with two attached hydrogens (primary N) is 1. The van der Waals surface area contributed by atoms with Crippen molar-refractivity contribution >= 4 is 28.8 Å². The molecule has 0 amide bonds. The van der Waals surface area contributed by atoms with Gasteiger partial charge in [-0.05, 0) is 55.4 Å². The van der Waals surface area contributed by atoms with E-state index in [0.29, 0.717) is 10.9 Å². The monoisotopic (exact) mass is 313 g/mol. The summed E-state index contributed by atoms with van der Waals surface area (Å²) in [5.41, 5.74) is 8.97. The van der Waals surface area contributed by atoms with E-state index in [0.717, 1.165) is 47.8 Å². The van der Waals surface area contributed by atoms with Crippen LogP contribution in [0.15, 0.2) is 6.07 Å². The third-order valence-electron chi connectivity index (χ3n) is 3.34. The molecule has 0 spiro atoms. The minimum Gasteiger partial charge on any atom is -0.493 e. The molecule has 1 atom stereocenters. The molecule has 2 nitrogen and oxygen atoms in total. The van der Waals surface area contributed by atoms with E-state index in [1.165, 1.54) is 5.56 Å². The Morgan fingerprint density at radius 3 is 2.65 bits per heavy atom. The van der Waals surface area contributed by atoms with Crippen molar-refractivity contribution in [3.05, 3.63) is 27.8 Å². The SMILES string of the molecule is CCCOc1cc(C)c(Cl)c(C)c1CC(C)CC(N)=S. The van der Waals surface area contributed by atoms with Gasteiger partial charge in [0.1, 0.15) is 5.75 Å². The lowest BCUT2D eigenvalue weighted by Gasteiger charge is -2.19. The fourth-order valence-electron chi connectivity index (χ4n) is 2.32. The van der Waals surface area contributed by atoms with Gasteiger partial charge in [0.05, 0.1) is 11.6 Å². The second kappa shape index (κ2) is 7.84. The summed E-state index contributed by atoms with van der Waals surface area (Å²) < 4.78 is 5.89. The average Bonchev–Trinajstić information content (AvgIpc) is 2.36. The molecular formula is C16H24ClNOS. The molecule has 0 heterocycles. The van der Waals surface area contributed by atoms with Crippen LogP contribution in [0.25, 0.3) is 0 Å². The van der Waals surface area contributed by atoms with Crippen LogP contribution < -0.4 is 10.5 Å². The largest absolute Gasteiger partial charge is 0.493 e. The number of benzene rings is 1. The van der Waals surface area contributed by atoms with Gasteiger partial charge in [-0.2, -0.15) is 0 Å². The van der Waals surface area contributed by atoms with Crippen molar-refractivity contribution in [1.82, 2.24) is 0 Å². The Morgan fingerprint density at radius 1 is 1.45 bits per heavy atom. The van der Waals surface area contributed by atoms with E-state index in [1.807, 2.05) is 13.0 Å². The second-order valence-electron chi connectivity index (χ2n) is 5.44. The number of halogens is 1. The van der Waals surface area contributed by atoms with Gasteiger partial charge in [-0.3, -0.25) is 0 Å². The maximum absolute atomic E-state index is 6.37. The molecule has 2 N–H and O–H groups in total. The highest BCUT2D eigenvalue weighted by Crippen LogP contribution is 2.33. The first-order valence-corrected chi connectivity index (χ1v) is 7.85. The van der Waals surface area contributed by atoms with Crippen LogP contribution in [-0.4, -0.2) is 11.6 Å². The smallest absolute Gasteiger partial charge is 0.123 e. The normalized spacial score (nSPS) is 12.2. The van der Waals surface area contributed by atoms with Gasteiger partial charge in [0, 0.05) is 11.4 Å². The Labute approximate surface area is 132 Å². The third-order valence-corrected chi connectivity index (χ3v) is 4.09. The second-order valence-corrected chi connectivity index (χ2v) is 6.34. The molecule has 1 aromatic carbocycles. The Kier molecular flexibility index (Phi) is 6.77. The summed E-state index contributed by atoms with van der Waals surface area (Å²) in [6.07, 6.45) is 2.61. The van der Waals surface area contributed by atoms with Crippen LogP contribution in [0, 0.1) is 19.8 Å². The summed E-state index contributed by atoms with van der Waals surface area (Å²) in [6.45, 7) is 9.03. The maximum atomic E-state index is 6.37. The predicted octanol–water partition coefficient (Wildman–Crippen LogP) is 4.60. The zero-order valence-corrected chi connectivity index (χ0v) is 14.3. The first-order chi connectivity index (χ1) is 9.36. The molecule has 0 fully saturated rings. The van der Waals surface area contributed by atoms with Crippen LogP contribution in [0.3, 0.4) is 0 Å². The molecule has 0 saturated carbocycles. The van der Waals surface area contributed by atoms with E-state index in [1.54, 1.807) is 0 Å². The lowest BCUT2D eigenvalue weighted by atomic mass is 9.93. The number of ether oxygens (including phenoxy) is 1. The van der Waals surface area contributed by atoms with Crippen molar-refractivity contribution in [1.29, 1.82) is 0 Å². The van der Waals surface area contributed by atoms with Gasteiger partial charge in [-0.15, -0.1) is 0 Å². The lowest BCUT2D eigenvalue weighted by Crippen LogP contribution is -2.15. The van der Waals surface area contributed by atoms with Crippen molar-refractivity contribution in [2.45, 2.75) is 47.0 Å². The average molecular weight is 314 g/mol. The highest BCUT2D eigenvalue weighted by Gasteiger charge is 2.16. The summed E-state index contributed by atoms with van der Waals surface area (Å²) in [6, 6.07) is 2.04. The first kappa shape index (κ1) is 17.3. The fourth-order valence-corrected chi connectivity index (χ4v) is 2.77. The highest BCUT2D eigenvalue weighted by molar-refractivity contribution is 7.80. The zero-order chi connectivity index (χ0) is 15.3. The van der Waals surface area contributed by atoms with E-state index in [9.17, 15) is 0 Å². The standard InChI is InChI=1S/C16H24ClNOS/c1-5-6-19-14-9-11(3)16(17)12(4)13(14)7-10(2)8-15(18)20/h9-10H,5-8H2,1-4H3,(H2,18,20). The molecule has 0 bridgehead atoms. The highest BCUT2D eigenvalue weighted by atomic mass is 35.5. The Balaban J connectivity index is 3.07. The molecule has 0 radical (unpaired) electrons. The van der Waals surface area contributed by atoms with Gasteiger partial charge in [-0.25, -0.2) is 0 Å². The van der Waals surface area contributed by atoms with Crippen molar-refractivity contribution < 1.29 is 4.74 Å². The summed E-state index contributed by atoms with van der Waals surface area (Å²) in [5.74, 6) is 1.33. The number of rotatable bonds is 7. The molecule has 0 aromatic heterocycles. The summed E-state index contributed by atoms with van der Waals surface area (Å²) >= 11 is 11.4. The number of aryl methyl sites for hydroxylation is 1. The van der Waals surface area contributed by atoms with E-state index in [4.69, 9.17) is 34.3 Å². The molecule has 4 heteroatoms. The van der Waals surface area contributed by atoms with E-state index in [2.05, 4.69) is 20.8 Å². The van der Waals surface area contributed by atoms with Crippen molar-refractivity contribution in [3.63, 3.8) is 0 Å². The van der Waals surface area contributed by atoms with Crippen LogP contribution in [0.2, 0.25) is 5.02 Å². The van der Waals surface area contributed by atoms with Crippen LogP contribution in [0.4, 0.5) is 0 Å². The number of hydrogen-bond donors (Lipinski definition) is 1. The molecule has 0 aliphatic heterocycles. The predicted molar refractivity (Wildman–Crippen MR) is 91.0 cm³/mol. The van der Waals surface area contributed by atoms with Crippen LogP contribution in [0.5, 0.6) is 5.75 Å². The van der Waals surface area contributed by atoms with Crippen LogP contribution in [0.1, 0.15) is 43.4 Å². The molecule has 20 heavy (non-hydrogen) atoms. The summed E-state index contributed by atoms with van der Waals surface area (Å²) in [4.78, 5) is 0.560.